The molecule has 2 aromatic carbocycles. The summed E-state index contributed by atoms with van der Waals surface area (Å²) >= 11 is 0. The second kappa shape index (κ2) is 57.4. The fraction of sp³-hybridized carbons (Fsp3) is 0.766. The van der Waals surface area contributed by atoms with Gasteiger partial charge in [-0.2, -0.15) is 12.8 Å². The molecule has 0 atom stereocenters. The number of rotatable bonds is 51. The first-order valence-electron chi connectivity index (χ1n) is 35.6. The second-order valence-electron chi connectivity index (χ2n) is 24.6. The fourth-order valence-corrected chi connectivity index (χ4v) is 11.8. The van der Waals surface area contributed by atoms with Crippen LogP contribution in [0.25, 0.3) is 16.9 Å². The minimum atomic E-state index is 0. The van der Waals surface area contributed by atoms with E-state index in [1.165, 1.54) is 308 Å². The molecule has 0 saturated heterocycles. The Kier molecular flexibility index (Phi) is 56.0. The van der Waals surface area contributed by atoms with E-state index in [1.54, 1.807) is 0 Å². The van der Waals surface area contributed by atoms with E-state index < -0.39 is 0 Å². The van der Waals surface area contributed by atoms with E-state index >= 15 is 0 Å². The number of unbranched alkanes of at least 4 members (excludes halogenated alkanes) is 43. The molecule has 0 N–H and O–H groups in total. The van der Waals surface area contributed by atoms with Crippen molar-refractivity contribution in [3.63, 3.8) is 0 Å². The quantitative estimate of drug-likeness (QED) is 0.0273. The first kappa shape index (κ1) is 78.0. The molecule has 0 amide bonds. The predicted molar refractivity (Wildman–Crippen MR) is 358 cm³/mol. The average molecular weight is 1150 g/mol. The summed E-state index contributed by atoms with van der Waals surface area (Å²) in [7, 11) is 0. The van der Waals surface area contributed by atoms with Crippen molar-refractivity contribution < 1.29 is 21.2 Å². The van der Waals surface area contributed by atoms with Gasteiger partial charge in [-0.05, 0) is 92.0 Å². The summed E-state index contributed by atoms with van der Waals surface area (Å²) in [6.45, 7) is 25.6. The van der Waals surface area contributed by atoms with Crippen LogP contribution in [0, 0.1) is 13.8 Å². The molecule has 0 aromatic heterocycles. The predicted octanol–water partition coefficient (Wildman–Crippen LogP) is 27.2. The molecule has 1 aliphatic heterocycles. The minimum absolute atomic E-state index is 0. The third-order valence-corrected chi connectivity index (χ3v) is 17.3. The van der Waals surface area contributed by atoms with Crippen molar-refractivity contribution in [1.29, 1.82) is 0 Å². The van der Waals surface area contributed by atoms with Gasteiger partial charge in [0.25, 0.3) is 0 Å². The van der Waals surface area contributed by atoms with Crippen LogP contribution in [0.2, 0.25) is 0 Å². The molecule has 2 nitrogen and oxygen atoms in total. The second-order valence-corrected chi connectivity index (χ2v) is 24.6. The SMILES string of the molecule is CCCCC1=C(c2cc(CC)cc(CC)c2)[N+](=[N-])C(c2cc(CC)cc(CC)c2)=C1C.[CH2-]CCCCCCCCCCCCCCCCCCCCCCC.[CH2-]CCCCCCCCCCCCCCCCCCCCCCC.[Ni+2]. The number of nitrogens with zero attached hydrogens (tertiary/aromatic N) is 2. The summed E-state index contributed by atoms with van der Waals surface area (Å²) in [5.41, 5.74) is 23.6. The Balaban J connectivity index is 0.00000118. The molecule has 0 unspecified atom stereocenters. The average Bonchev–Trinajstić information content (AvgIpc) is 3.77. The standard InChI is InChI=1S/C29H38N2.2C24H49.Ni/c1-7-12-13-27-20(6)28(25-16-21(8-2)14-22(9-3)17-25)31(30)29(27)26-18-23(10-4)15-24(11-5)19-26;2*1-3-5-7-9-11-13-15-17-19-21-23-24-22-20-18-16-14-12-10-8-6-4-2;/h14-19H,7-13H2,1-6H3;2*1,3-24H2,2H3;/q;2*-1;+2. The summed E-state index contributed by atoms with van der Waals surface area (Å²) in [6.07, 6.45) is 70.9. The minimum Gasteiger partial charge on any atom is -0.493 e. The zero-order valence-corrected chi connectivity index (χ0v) is 56.1. The summed E-state index contributed by atoms with van der Waals surface area (Å²) in [5.74, 6) is 0. The molecule has 0 bridgehead atoms. The van der Waals surface area contributed by atoms with Crippen LogP contribution in [0.15, 0.2) is 47.5 Å². The van der Waals surface area contributed by atoms with Gasteiger partial charge < -0.3 is 19.4 Å². The molecule has 0 saturated carbocycles. The molecule has 0 spiro atoms. The summed E-state index contributed by atoms with van der Waals surface area (Å²) in [6, 6.07) is 13.6. The van der Waals surface area contributed by atoms with E-state index in [4.69, 9.17) is 0 Å². The Bertz CT molecular complexity index is 1630. The molecule has 2 aromatic rings. The maximum Gasteiger partial charge on any atom is 2.00 e. The Labute approximate surface area is 512 Å². The van der Waals surface area contributed by atoms with Gasteiger partial charge in [0.1, 0.15) is 0 Å². The number of benzene rings is 2. The van der Waals surface area contributed by atoms with Gasteiger partial charge in [0.05, 0.1) is 0 Å². The fourth-order valence-electron chi connectivity index (χ4n) is 11.8. The zero-order valence-electron chi connectivity index (χ0n) is 55.2. The van der Waals surface area contributed by atoms with Crippen molar-refractivity contribution in [2.75, 3.05) is 0 Å². The Hall–Kier alpha value is -1.99. The van der Waals surface area contributed by atoms with E-state index in [1.807, 2.05) is 0 Å². The largest absolute Gasteiger partial charge is 2.00 e. The van der Waals surface area contributed by atoms with Crippen LogP contribution in [0.3, 0.4) is 0 Å². The first-order chi connectivity index (χ1) is 38.8. The molecule has 0 fully saturated rings. The van der Waals surface area contributed by atoms with Gasteiger partial charge in [0, 0.05) is 22.3 Å². The van der Waals surface area contributed by atoms with Crippen LogP contribution in [-0.4, -0.2) is 4.70 Å². The van der Waals surface area contributed by atoms with Gasteiger partial charge in [-0.3, -0.25) is 0 Å². The van der Waals surface area contributed by atoms with Crippen molar-refractivity contribution in [2.45, 2.75) is 383 Å². The molecular weight excluding hydrogens is 1010 g/mol. The molecular formula is C77H136N2Ni. The van der Waals surface area contributed by atoms with Gasteiger partial charge in [0.2, 0.25) is 11.4 Å². The van der Waals surface area contributed by atoms with Gasteiger partial charge >= 0.3 is 16.5 Å². The van der Waals surface area contributed by atoms with Crippen LogP contribution < -0.4 is 0 Å². The van der Waals surface area contributed by atoms with Gasteiger partial charge in [-0.25, -0.2) is 4.70 Å². The van der Waals surface area contributed by atoms with E-state index in [2.05, 4.69) is 106 Å². The third kappa shape index (κ3) is 39.5. The Morgan fingerprint density at radius 2 is 0.512 bits per heavy atom. The maximum absolute atomic E-state index is 11.6. The van der Waals surface area contributed by atoms with Crippen LogP contribution >= 0.6 is 0 Å². The molecule has 1 aliphatic rings. The van der Waals surface area contributed by atoms with Crippen LogP contribution in [0.4, 0.5) is 0 Å². The first-order valence-corrected chi connectivity index (χ1v) is 35.6. The number of hydrogen-bond donors (Lipinski definition) is 0. The van der Waals surface area contributed by atoms with Crippen LogP contribution in [0.5, 0.6) is 0 Å². The molecule has 80 heavy (non-hydrogen) atoms. The molecule has 3 heteroatoms. The molecule has 1 heterocycles. The summed E-state index contributed by atoms with van der Waals surface area (Å²) < 4.78 is 1.49. The number of hydrogen-bond acceptors (Lipinski definition) is 0. The Morgan fingerprint density at radius 3 is 0.725 bits per heavy atom. The van der Waals surface area contributed by atoms with Gasteiger partial charge in [-0.15, -0.1) is 0 Å². The summed E-state index contributed by atoms with van der Waals surface area (Å²) in [5, 5.41) is 0. The van der Waals surface area contributed by atoms with Crippen molar-refractivity contribution in [3.05, 3.63) is 100 Å². The van der Waals surface area contributed by atoms with E-state index in [-0.39, 0.29) is 16.5 Å². The van der Waals surface area contributed by atoms with Gasteiger partial charge in [-0.1, -0.05) is 337 Å². The molecule has 464 valence electrons. The topological polar surface area (TPSA) is 25.3 Å². The smallest absolute Gasteiger partial charge is 0.493 e. The van der Waals surface area contributed by atoms with E-state index in [0.717, 1.165) is 80.3 Å². The number of aryl methyl sites for hydroxylation is 4. The Morgan fingerprint density at radius 1 is 0.300 bits per heavy atom. The van der Waals surface area contributed by atoms with E-state index in [9.17, 15) is 5.53 Å². The molecule has 0 radical (unpaired) electrons. The van der Waals surface area contributed by atoms with Crippen molar-refractivity contribution >= 4 is 11.4 Å². The van der Waals surface area contributed by atoms with Crippen molar-refractivity contribution in [3.8, 4) is 0 Å². The van der Waals surface area contributed by atoms with Crippen LogP contribution in [-0.2, 0) is 42.2 Å². The normalized spacial score (nSPS) is 12.2. The monoisotopic (exact) mass is 1150 g/mol. The zero-order chi connectivity index (χ0) is 57.7. The maximum atomic E-state index is 11.6. The molecule has 0 aliphatic carbocycles. The van der Waals surface area contributed by atoms with Crippen LogP contribution in [0.1, 0.15) is 391 Å². The van der Waals surface area contributed by atoms with E-state index in [0.29, 0.717) is 0 Å². The number of allylic oxidation sites excluding steroid dienone is 2. The van der Waals surface area contributed by atoms with Gasteiger partial charge in [0.15, 0.2) is 0 Å². The van der Waals surface area contributed by atoms with Crippen molar-refractivity contribution in [1.82, 2.24) is 0 Å². The third-order valence-electron chi connectivity index (χ3n) is 17.3. The summed E-state index contributed by atoms with van der Waals surface area (Å²) in [4.78, 5) is 0. The molecule has 3 rings (SSSR count). The van der Waals surface area contributed by atoms with Crippen molar-refractivity contribution in [2.24, 2.45) is 0 Å².